The molecule has 0 spiro atoms. The first-order valence-electron chi connectivity index (χ1n) is 7.29. The summed E-state index contributed by atoms with van der Waals surface area (Å²) in [5.74, 6) is 0.872. The lowest BCUT2D eigenvalue weighted by Gasteiger charge is -2.07. The van der Waals surface area contributed by atoms with E-state index in [0.29, 0.717) is 33.0 Å². The van der Waals surface area contributed by atoms with Gasteiger partial charge >= 0.3 is 0 Å². The number of hydrogen-bond acceptors (Lipinski definition) is 5. The van der Waals surface area contributed by atoms with Crippen LogP contribution in [-0.2, 0) is 21.3 Å². The Balaban J connectivity index is 1.76. The average molecular weight is 285 g/mol. The zero-order valence-corrected chi connectivity index (χ0v) is 12.6. The minimum atomic E-state index is 0.610. The molecule has 0 aliphatic carbocycles. The molecule has 0 atom stereocenters. The number of rotatable bonds is 13. The van der Waals surface area contributed by atoms with Gasteiger partial charge in [0.15, 0.2) is 0 Å². The molecule has 116 valence electrons. The number of ether oxygens (including phenoxy) is 3. The number of aromatic nitrogens is 2. The Bertz CT molecular complexity index is 331. The van der Waals surface area contributed by atoms with Crippen molar-refractivity contribution in [3.63, 3.8) is 0 Å². The lowest BCUT2D eigenvalue weighted by atomic mass is 10.4. The van der Waals surface area contributed by atoms with Crippen LogP contribution >= 0.6 is 0 Å². The lowest BCUT2D eigenvalue weighted by molar-refractivity contribution is 0.0159. The zero-order chi connectivity index (χ0) is 14.5. The SMILES string of the molecule is CCCCOCCOCCOCCNc1ccn(C)n1. The van der Waals surface area contributed by atoms with Gasteiger partial charge in [-0.1, -0.05) is 13.3 Å². The second-order valence-electron chi connectivity index (χ2n) is 4.49. The molecule has 1 N–H and O–H groups in total. The van der Waals surface area contributed by atoms with Gasteiger partial charge in [0.25, 0.3) is 0 Å². The van der Waals surface area contributed by atoms with Crippen molar-refractivity contribution < 1.29 is 14.2 Å². The van der Waals surface area contributed by atoms with Gasteiger partial charge in [-0.2, -0.15) is 5.10 Å². The Morgan fingerprint density at radius 3 is 2.30 bits per heavy atom. The summed E-state index contributed by atoms with van der Waals surface area (Å²) in [5.41, 5.74) is 0. The van der Waals surface area contributed by atoms with Gasteiger partial charge in [0.2, 0.25) is 0 Å². The van der Waals surface area contributed by atoms with Crippen LogP contribution in [0.15, 0.2) is 12.3 Å². The maximum atomic E-state index is 5.44. The molecule has 20 heavy (non-hydrogen) atoms. The molecule has 1 rings (SSSR count). The molecule has 0 bridgehead atoms. The number of nitrogens with one attached hydrogen (secondary N) is 1. The third-order valence-electron chi connectivity index (χ3n) is 2.65. The molecule has 0 fully saturated rings. The highest BCUT2D eigenvalue weighted by atomic mass is 16.5. The van der Waals surface area contributed by atoms with Gasteiger partial charge in [-0.25, -0.2) is 0 Å². The van der Waals surface area contributed by atoms with Crippen molar-refractivity contribution in [1.82, 2.24) is 9.78 Å². The highest BCUT2D eigenvalue weighted by Gasteiger charge is 1.95. The molecule has 0 saturated carbocycles. The standard InChI is InChI=1S/C14H27N3O3/c1-3-4-8-18-10-12-20-13-11-19-9-6-15-14-5-7-17(2)16-14/h5,7H,3-4,6,8-13H2,1-2H3,(H,15,16). The van der Waals surface area contributed by atoms with Gasteiger partial charge in [-0.15, -0.1) is 0 Å². The van der Waals surface area contributed by atoms with E-state index in [0.717, 1.165) is 25.4 Å². The average Bonchev–Trinajstić information content (AvgIpc) is 2.86. The molecule has 0 radical (unpaired) electrons. The highest BCUT2D eigenvalue weighted by molar-refractivity contribution is 5.31. The first-order chi connectivity index (χ1) is 9.83. The Kier molecular flexibility index (Phi) is 9.91. The Hall–Kier alpha value is -1.11. The highest BCUT2D eigenvalue weighted by Crippen LogP contribution is 1.99. The fourth-order valence-electron chi connectivity index (χ4n) is 1.55. The quantitative estimate of drug-likeness (QED) is 0.559. The van der Waals surface area contributed by atoms with Crippen molar-refractivity contribution in [2.45, 2.75) is 19.8 Å². The van der Waals surface area contributed by atoms with Crippen LogP contribution in [0.5, 0.6) is 0 Å². The topological polar surface area (TPSA) is 57.5 Å². The molecule has 0 amide bonds. The molecule has 1 heterocycles. The summed E-state index contributed by atoms with van der Waals surface area (Å²) in [6.45, 7) is 6.90. The van der Waals surface area contributed by atoms with Crippen LogP contribution in [0, 0.1) is 0 Å². The van der Waals surface area contributed by atoms with E-state index >= 15 is 0 Å². The number of aryl methyl sites for hydroxylation is 1. The van der Waals surface area contributed by atoms with E-state index in [1.165, 1.54) is 6.42 Å². The van der Waals surface area contributed by atoms with Crippen LogP contribution in [0.3, 0.4) is 0 Å². The Morgan fingerprint density at radius 1 is 1.05 bits per heavy atom. The van der Waals surface area contributed by atoms with Crippen molar-refractivity contribution in [2.24, 2.45) is 7.05 Å². The van der Waals surface area contributed by atoms with Crippen LogP contribution in [0.4, 0.5) is 5.82 Å². The smallest absolute Gasteiger partial charge is 0.148 e. The zero-order valence-electron chi connectivity index (χ0n) is 12.6. The Morgan fingerprint density at radius 2 is 1.70 bits per heavy atom. The first-order valence-corrected chi connectivity index (χ1v) is 7.29. The monoisotopic (exact) mass is 285 g/mol. The van der Waals surface area contributed by atoms with Crippen molar-refractivity contribution >= 4 is 5.82 Å². The third kappa shape index (κ3) is 8.90. The molecule has 0 aromatic carbocycles. The number of unbranched alkanes of at least 4 members (excludes halogenated alkanes) is 1. The molecular formula is C14H27N3O3. The maximum absolute atomic E-state index is 5.44. The van der Waals surface area contributed by atoms with Gasteiger partial charge < -0.3 is 19.5 Å². The van der Waals surface area contributed by atoms with Gasteiger partial charge in [-0.3, -0.25) is 4.68 Å². The minimum absolute atomic E-state index is 0.610. The molecule has 6 heteroatoms. The number of hydrogen-bond donors (Lipinski definition) is 1. The van der Waals surface area contributed by atoms with Crippen LogP contribution in [0.1, 0.15) is 19.8 Å². The molecule has 1 aromatic rings. The van der Waals surface area contributed by atoms with Gasteiger partial charge in [0.1, 0.15) is 5.82 Å². The number of nitrogens with zero attached hydrogens (tertiary/aromatic N) is 2. The summed E-state index contributed by atoms with van der Waals surface area (Å²) < 4.78 is 18.0. The molecule has 0 aliphatic heterocycles. The second kappa shape index (κ2) is 11.7. The summed E-state index contributed by atoms with van der Waals surface area (Å²) in [6.07, 6.45) is 4.19. The second-order valence-corrected chi connectivity index (χ2v) is 4.49. The van der Waals surface area contributed by atoms with E-state index in [-0.39, 0.29) is 0 Å². The van der Waals surface area contributed by atoms with Crippen molar-refractivity contribution in [1.29, 1.82) is 0 Å². The number of anilines is 1. The predicted molar refractivity (Wildman–Crippen MR) is 79.1 cm³/mol. The molecule has 1 aromatic heterocycles. The van der Waals surface area contributed by atoms with E-state index in [4.69, 9.17) is 14.2 Å². The van der Waals surface area contributed by atoms with Crippen LogP contribution in [0.25, 0.3) is 0 Å². The van der Waals surface area contributed by atoms with E-state index in [9.17, 15) is 0 Å². The summed E-state index contributed by atoms with van der Waals surface area (Å²) in [5, 5.41) is 7.39. The minimum Gasteiger partial charge on any atom is -0.379 e. The summed E-state index contributed by atoms with van der Waals surface area (Å²) in [6, 6.07) is 1.93. The normalized spacial score (nSPS) is 10.9. The lowest BCUT2D eigenvalue weighted by Crippen LogP contribution is -2.14. The summed E-state index contributed by atoms with van der Waals surface area (Å²) in [7, 11) is 1.89. The van der Waals surface area contributed by atoms with Crippen molar-refractivity contribution in [2.75, 3.05) is 51.5 Å². The molecule has 0 unspecified atom stereocenters. The maximum Gasteiger partial charge on any atom is 0.148 e. The fraction of sp³-hybridized carbons (Fsp3) is 0.786. The largest absolute Gasteiger partial charge is 0.379 e. The Labute approximate surface area is 121 Å². The first kappa shape index (κ1) is 16.9. The van der Waals surface area contributed by atoms with Crippen LogP contribution < -0.4 is 5.32 Å². The van der Waals surface area contributed by atoms with Crippen LogP contribution in [0.2, 0.25) is 0 Å². The summed E-state index contributed by atoms with van der Waals surface area (Å²) >= 11 is 0. The third-order valence-corrected chi connectivity index (χ3v) is 2.65. The van der Waals surface area contributed by atoms with E-state index in [1.807, 2.05) is 19.3 Å². The van der Waals surface area contributed by atoms with E-state index < -0.39 is 0 Å². The van der Waals surface area contributed by atoms with Crippen LogP contribution in [-0.4, -0.2) is 56.0 Å². The van der Waals surface area contributed by atoms with E-state index in [1.54, 1.807) is 4.68 Å². The fourth-order valence-corrected chi connectivity index (χ4v) is 1.55. The molecular weight excluding hydrogens is 258 g/mol. The van der Waals surface area contributed by atoms with Gasteiger partial charge in [0.05, 0.1) is 33.0 Å². The molecule has 0 aliphatic rings. The summed E-state index contributed by atoms with van der Waals surface area (Å²) in [4.78, 5) is 0. The van der Waals surface area contributed by atoms with Gasteiger partial charge in [0, 0.05) is 32.5 Å². The molecule has 6 nitrogen and oxygen atoms in total. The van der Waals surface area contributed by atoms with Crippen molar-refractivity contribution in [3.05, 3.63) is 12.3 Å². The van der Waals surface area contributed by atoms with Gasteiger partial charge in [-0.05, 0) is 6.42 Å². The van der Waals surface area contributed by atoms with Crippen molar-refractivity contribution in [3.8, 4) is 0 Å². The van der Waals surface area contributed by atoms with E-state index in [2.05, 4.69) is 17.3 Å². The predicted octanol–water partition coefficient (Wildman–Crippen LogP) is 1.68. The molecule has 0 saturated heterocycles.